The van der Waals surface area contributed by atoms with Gasteiger partial charge in [-0.05, 0) is 31.5 Å². The van der Waals surface area contributed by atoms with E-state index in [1.54, 1.807) is 0 Å². The molecule has 0 radical (unpaired) electrons. The normalized spacial score (nSPS) is 10.1. The van der Waals surface area contributed by atoms with Gasteiger partial charge >= 0.3 is 0 Å². The second kappa shape index (κ2) is 6.07. The molecule has 0 fully saturated rings. The molecule has 5 heteroatoms. The van der Waals surface area contributed by atoms with Crippen LogP contribution in [0.5, 0.6) is 5.75 Å². The number of nitrogens with two attached hydrogens (primary N) is 1. The number of aromatic hydroxyl groups is 1. The third-order valence-corrected chi connectivity index (χ3v) is 2.14. The number of benzene rings is 1. The van der Waals surface area contributed by atoms with Crippen LogP contribution in [0.1, 0.15) is 23.2 Å². The summed E-state index contributed by atoms with van der Waals surface area (Å²) in [7, 11) is 0. The van der Waals surface area contributed by atoms with E-state index in [9.17, 15) is 14.3 Å². The van der Waals surface area contributed by atoms with Gasteiger partial charge in [0.15, 0.2) is 0 Å². The molecule has 0 heterocycles. The van der Waals surface area contributed by atoms with Crippen molar-refractivity contribution in [2.24, 2.45) is 5.73 Å². The quantitative estimate of drug-likeness (QED) is 0.656. The lowest BCUT2D eigenvalue weighted by molar-refractivity contribution is 0.0946. The topological polar surface area (TPSA) is 75.3 Å². The molecule has 0 saturated carbocycles. The highest BCUT2D eigenvalue weighted by atomic mass is 19.1. The molecule has 0 aromatic heterocycles. The highest BCUT2D eigenvalue weighted by Gasteiger charge is 2.15. The van der Waals surface area contributed by atoms with Gasteiger partial charge in [0.1, 0.15) is 17.1 Å². The maximum Gasteiger partial charge on any atom is 0.258 e. The molecule has 0 bridgehead atoms. The number of amides is 1. The maximum atomic E-state index is 13.2. The van der Waals surface area contributed by atoms with Crippen molar-refractivity contribution in [2.75, 3.05) is 13.1 Å². The molecular weight excluding hydrogens is 211 g/mol. The zero-order chi connectivity index (χ0) is 12.0. The number of halogens is 1. The average Bonchev–Trinajstić information content (AvgIpc) is 2.24. The number of phenols is 1. The third kappa shape index (κ3) is 3.20. The summed E-state index contributed by atoms with van der Waals surface area (Å²) in [5.74, 6) is -1.68. The molecule has 16 heavy (non-hydrogen) atoms. The Kier molecular flexibility index (Phi) is 4.72. The van der Waals surface area contributed by atoms with Crippen molar-refractivity contribution in [3.63, 3.8) is 0 Å². The Labute approximate surface area is 93.3 Å². The molecule has 4 nitrogen and oxygen atoms in total. The van der Waals surface area contributed by atoms with Crippen molar-refractivity contribution in [1.29, 1.82) is 0 Å². The summed E-state index contributed by atoms with van der Waals surface area (Å²) in [6.45, 7) is 0.977. The first-order chi connectivity index (χ1) is 7.66. The van der Waals surface area contributed by atoms with E-state index in [-0.39, 0.29) is 11.3 Å². The van der Waals surface area contributed by atoms with E-state index in [1.807, 2.05) is 0 Å². The fraction of sp³-hybridized carbons (Fsp3) is 0.364. The van der Waals surface area contributed by atoms with Crippen LogP contribution < -0.4 is 11.1 Å². The third-order valence-electron chi connectivity index (χ3n) is 2.14. The average molecular weight is 226 g/mol. The van der Waals surface area contributed by atoms with Crippen LogP contribution in [0.4, 0.5) is 4.39 Å². The van der Waals surface area contributed by atoms with Crippen LogP contribution in [-0.2, 0) is 0 Å². The Morgan fingerprint density at radius 3 is 2.81 bits per heavy atom. The predicted molar refractivity (Wildman–Crippen MR) is 58.7 cm³/mol. The molecule has 0 unspecified atom stereocenters. The summed E-state index contributed by atoms with van der Waals surface area (Å²) >= 11 is 0. The standard InChI is InChI=1S/C11H15FN2O2/c12-8-4-3-5-9(15)10(8)11(16)14-7-2-1-6-13/h3-5,15H,1-2,6-7,13H2,(H,14,16). The largest absolute Gasteiger partial charge is 0.507 e. The molecular formula is C11H15FN2O2. The predicted octanol–water partition coefficient (Wildman–Crippen LogP) is 1.00. The highest BCUT2D eigenvalue weighted by molar-refractivity contribution is 5.97. The molecule has 0 spiro atoms. The SMILES string of the molecule is NCCCCNC(=O)c1c(O)cccc1F. The summed E-state index contributed by atoms with van der Waals surface area (Å²) in [5.41, 5.74) is 4.98. The molecule has 0 saturated heterocycles. The van der Waals surface area contributed by atoms with E-state index >= 15 is 0 Å². The lowest BCUT2D eigenvalue weighted by Gasteiger charge is -2.07. The number of carbonyl (C=O) groups excluding carboxylic acids is 1. The van der Waals surface area contributed by atoms with Gasteiger partial charge in [0.2, 0.25) is 0 Å². The Bertz CT molecular complexity index is 349. The summed E-state index contributed by atoms with van der Waals surface area (Å²) in [6.07, 6.45) is 1.53. The number of phenolic OH excluding ortho intramolecular Hbond substituents is 1. The molecule has 1 aromatic carbocycles. The van der Waals surface area contributed by atoms with Crippen LogP contribution in [0, 0.1) is 5.82 Å². The van der Waals surface area contributed by atoms with E-state index in [4.69, 9.17) is 5.73 Å². The smallest absolute Gasteiger partial charge is 0.258 e. The Morgan fingerprint density at radius 2 is 2.19 bits per heavy atom. The van der Waals surface area contributed by atoms with Crippen molar-refractivity contribution in [3.05, 3.63) is 29.6 Å². The number of hydrogen-bond donors (Lipinski definition) is 3. The van der Waals surface area contributed by atoms with Crippen LogP contribution >= 0.6 is 0 Å². The summed E-state index contributed by atoms with van der Waals surface area (Å²) < 4.78 is 13.2. The first-order valence-corrected chi connectivity index (χ1v) is 5.12. The van der Waals surface area contributed by atoms with Gasteiger partial charge in [-0.1, -0.05) is 6.07 Å². The van der Waals surface area contributed by atoms with Crippen LogP contribution in [-0.4, -0.2) is 24.1 Å². The van der Waals surface area contributed by atoms with E-state index < -0.39 is 11.7 Å². The number of nitrogens with one attached hydrogen (secondary N) is 1. The van der Waals surface area contributed by atoms with Gasteiger partial charge in [0, 0.05) is 6.54 Å². The minimum atomic E-state index is -0.726. The van der Waals surface area contributed by atoms with Crippen molar-refractivity contribution >= 4 is 5.91 Å². The van der Waals surface area contributed by atoms with Crippen LogP contribution in [0.25, 0.3) is 0 Å². The zero-order valence-corrected chi connectivity index (χ0v) is 8.87. The zero-order valence-electron chi connectivity index (χ0n) is 8.87. The van der Waals surface area contributed by atoms with Crippen LogP contribution in [0.2, 0.25) is 0 Å². The molecule has 88 valence electrons. The Hall–Kier alpha value is -1.62. The molecule has 0 atom stereocenters. The van der Waals surface area contributed by atoms with Gasteiger partial charge in [-0.2, -0.15) is 0 Å². The molecule has 4 N–H and O–H groups in total. The second-order valence-electron chi connectivity index (χ2n) is 3.39. The molecule has 1 amide bonds. The van der Waals surface area contributed by atoms with Gasteiger partial charge in [-0.3, -0.25) is 4.79 Å². The van der Waals surface area contributed by atoms with E-state index in [1.165, 1.54) is 12.1 Å². The minimum Gasteiger partial charge on any atom is -0.507 e. The van der Waals surface area contributed by atoms with Crippen molar-refractivity contribution in [3.8, 4) is 5.75 Å². The summed E-state index contributed by atoms with van der Waals surface area (Å²) in [4.78, 5) is 11.5. The molecule has 0 aliphatic carbocycles. The van der Waals surface area contributed by atoms with Gasteiger partial charge in [0.25, 0.3) is 5.91 Å². The van der Waals surface area contributed by atoms with Gasteiger partial charge in [0.05, 0.1) is 0 Å². The van der Waals surface area contributed by atoms with E-state index in [0.717, 1.165) is 18.9 Å². The van der Waals surface area contributed by atoms with Crippen molar-refractivity contribution < 1.29 is 14.3 Å². The first-order valence-electron chi connectivity index (χ1n) is 5.12. The van der Waals surface area contributed by atoms with Gasteiger partial charge in [-0.25, -0.2) is 4.39 Å². The molecule has 1 aromatic rings. The monoisotopic (exact) mass is 226 g/mol. The van der Waals surface area contributed by atoms with Crippen molar-refractivity contribution in [1.82, 2.24) is 5.32 Å². The number of rotatable bonds is 5. The number of unbranched alkanes of at least 4 members (excludes halogenated alkanes) is 1. The molecule has 0 aliphatic rings. The minimum absolute atomic E-state index is 0.310. The van der Waals surface area contributed by atoms with E-state index in [0.29, 0.717) is 13.1 Å². The number of carbonyl (C=O) groups is 1. The summed E-state index contributed by atoms with van der Waals surface area (Å²) in [5, 5.41) is 11.9. The van der Waals surface area contributed by atoms with Crippen molar-refractivity contribution in [2.45, 2.75) is 12.8 Å². The fourth-order valence-corrected chi connectivity index (χ4v) is 1.30. The van der Waals surface area contributed by atoms with E-state index in [2.05, 4.69) is 5.32 Å². The van der Waals surface area contributed by atoms with Crippen LogP contribution in [0.15, 0.2) is 18.2 Å². The Balaban J connectivity index is 2.59. The Morgan fingerprint density at radius 1 is 1.44 bits per heavy atom. The second-order valence-corrected chi connectivity index (χ2v) is 3.39. The highest BCUT2D eigenvalue weighted by Crippen LogP contribution is 2.19. The molecule has 0 aliphatic heterocycles. The van der Waals surface area contributed by atoms with Gasteiger partial charge in [-0.15, -0.1) is 0 Å². The first kappa shape index (κ1) is 12.4. The van der Waals surface area contributed by atoms with Gasteiger partial charge < -0.3 is 16.2 Å². The molecule has 1 rings (SSSR count). The number of hydrogen-bond acceptors (Lipinski definition) is 3. The summed E-state index contributed by atoms with van der Waals surface area (Å²) in [6, 6.07) is 3.75. The lowest BCUT2D eigenvalue weighted by atomic mass is 10.1. The fourth-order valence-electron chi connectivity index (χ4n) is 1.30. The van der Waals surface area contributed by atoms with Crippen LogP contribution in [0.3, 0.4) is 0 Å². The maximum absolute atomic E-state index is 13.2. The lowest BCUT2D eigenvalue weighted by Crippen LogP contribution is -2.25.